The molecule has 130 valence electrons. The molecular weight excluding hydrogens is 334 g/mol. The van der Waals surface area contributed by atoms with E-state index in [1.165, 1.54) is 0 Å². The second-order valence-electron chi connectivity index (χ2n) is 4.76. The molecule has 0 aliphatic heterocycles. The van der Waals surface area contributed by atoms with E-state index in [1.54, 1.807) is 27.4 Å². The molecule has 0 unspecified atom stereocenters. The number of nitrogens with one attached hydrogen (secondary N) is 1. The van der Waals surface area contributed by atoms with Crippen LogP contribution in [0.1, 0.15) is 5.56 Å². The quantitative estimate of drug-likeness (QED) is 0.695. The molecule has 1 aromatic heterocycles. The van der Waals surface area contributed by atoms with Gasteiger partial charge in [0, 0.05) is 31.4 Å². The van der Waals surface area contributed by atoms with Gasteiger partial charge in [0.25, 0.3) is 5.88 Å². The number of aromatic nitrogens is 2. The van der Waals surface area contributed by atoms with E-state index < -0.39 is 0 Å². The highest BCUT2D eigenvalue weighted by Gasteiger charge is 2.10. The van der Waals surface area contributed by atoms with E-state index in [2.05, 4.69) is 15.5 Å². The van der Waals surface area contributed by atoms with E-state index in [4.69, 9.17) is 30.5 Å². The van der Waals surface area contributed by atoms with Crippen molar-refractivity contribution in [1.29, 1.82) is 0 Å². The van der Waals surface area contributed by atoms with Crippen molar-refractivity contribution >= 4 is 17.3 Å². The summed E-state index contributed by atoms with van der Waals surface area (Å²) < 4.78 is 21.1. The van der Waals surface area contributed by atoms with Gasteiger partial charge in [-0.25, -0.2) is 0 Å². The topological polar surface area (TPSA) is 74.7 Å². The Morgan fingerprint density at radius 2 is 1.88 bits per heavy atom. The molecule has 24 heavy (non-hydrogen) atoms. The lowest BCUT2D eigenvalue weighted by Crippen LogP contribution is -2.10. The summed E-state index contributed by atoms with van der Waals surface area (Å²) in [4.78, 5) is 0. The van der Waals surface area contributed by atoms with Gasteiger partial charge in [0.15, 0.2) is 5.15 Å². The lowest BCUT2D eigenvalue weighted by atomic mass is 10.2. The first-order valence-electron chi connectivity index (χ1n) is 7.27. The van der Waals surface area contributed by atoms with E-state index in [-0.39, 0.29) is 5.15 Å². The zero-order valence-corrected chi connectivity index (χ0v) is 14.6. The number of hydrogen-bond acceptors (Lipinski definition) is 7. The second-order valence-corrected chi connectivity index (χ2v) is 5.15. The third-order valence-corrected chi connectivity index (χ3v) is 3.40. The largest absolute Gasteiger partial charge is 0.497 e. The van der Waals surface area contributed by atoms with Gasteiger partial charge < -0.3 is 24.3 Å². The highest BCUT2D eigenvalue weighted by Crippen LogP contribution is 2.28. The monoisotopic (exact) mass is 353 g/mol. The van der Waals surface area contributed by atoms with Crippen LogP contribution in [0.3, 0.4) is 0 Å². The molecule has 7 nitrogen and oxygen atoms in total. The lowest BCUT2D eigenvalue weighted by Gasteiger charge is -2.14. The van der Waals surface area contributed by atoms with E-state index in [1.807, 2.05) is 18.2 Å². The van der Waals surface area contributed by atoms with Crippen molar-refractivity contribution in [2.24, 2.45) is 0 Å². The summed E-state index contributed by atoms with van der Waals surface area (Å²) >= 11 is 5.92. The molecular formula is C16H20ClN3O4. The fourth-order valence-corrected chi connectivity index (χ4v) is 2.15. The molecule has 2 aromatic rings. The lowest BCUT2D eigenvalue weighted by molar-refractivity contribution is 0.143. The highest BCUT2D eigenvalue weighted by atomic mass is 35.5. The van der Waals surface area contributed by atoms with Crippen LogP contribution in [0.5, 0.6) is 17.4 Å². The standard InChI is InChI=1S/C16H20ClN3O4/c1-21-6-7-24-16-13(9-15(17)19-20-16)18-10-11-4-5-12(22-2)8-14(11)23-3/h4-5,8-9H,6-7,10H2,1-3H3,(H,18,19). The molecule has 2 rings (SSSR count). The van der Waals surface area contributed by atoms with E-state index >= 15 is 0 Å². The van der Waals surface area contributed by atoms with Crippen LogP contribution in [-0.2, 0) is 11.3 Å². The number of nitrogens with zero attached hydrogens (tertiary/aromatic N) is 2. The van der Waals surface area contributed by atoms with Crippen LogP contribution < -0.4 is 19.5 Å². The summed E-state index contributed by atoms with van der Waals surface area (Å²) in [5, 5.41) is 11.3. The maximum atomic E-state index is 5.92. The van der Waals surface area contributed by atoms with Gasteiger partial charge in [-0.1, -0.05) is 11.6 Å². The Labute approximate surface area is 145 Å². The first-order chi connectivity index (χ1) is 11.7. The number of methoxy groups -OCH3 is 3. The molecule has 1 heterocycles. The van der Waals surface area contributed by atoms with Crippen LogP contribution >= 0.6 is 11.6 Å². The van der Waals surface area contributed by atoms with Crippen molar-refractivity contribution < 1.29 is 18.9 Å². The summed E-state index contributed by atoms with van der Waals surface area (Å²) in [6.45, 7) is 1.32. The number of rotatable bonds is 9. The fraction of sp³-hybridized carbons (Fsp3) is 0.375. The number of hydrogen-bond donors (Lipinski definition) is 1. The summed E-state index contributed by atoms with van der Waals surface area (Å²) in [7, 11) is 4.83. The number of halogens is 1. The summed E-state index contributed by atoms with van der Waals surface area (Å²) in [5.74, 6) is 1.81. The smallest absolute Gasteiger partial charge is 0.257 e. The van der Waals surface area contributed by atoms with Crippen molar-refractivity contribution in [1.82, 2.24) is 10.2 Å². The van der Waals surface area contributed by atoms with Gasteiger partial charge in [0.2, 0.25) is 0 Å². The van der Waals surface area contributed by atoms with Gasteiger partial charge in [-0.05, 0) is 12.1 Å². The molecule has 1 N–H and O–H groups in total. The van der Waals surface area contributed by atoms with Crippen molar-refractivity contribution in [3.63, 3.8) is 0 Å². The zero-order valence-electron chi connectivity index (χ0n) is 13.8. The van der Waals surface area contributed by atoms with Crippen molar-refractivity contribution in [2.75, 3.05) is 39.9 Å². The molecule has 0 radical (unpaired) electrons. The fourth-order valence-electron chi connectivity index (χ4n) is 2.00. The first kappa shape index (κ1) is 18.1. The van der Waals surface area contributed by atoms with Crippen molar-refractivity contribution in [3.8, 4) is 17.4 Å². The number of ether oxygens (including phenoxy) is 4. The molecule has 0 fully saturated rings. The van der Waals surface area contributed by atoms with Gasteiger partial charge in [-0.15, -0.1) is 10.2 Å². The van der Waals surface area contributed by atoms with Crippen LogP contribution in [0.4, 0.5) is 5.69 Å². The Bertz CT molecular complexity index is 670. The molecule has 0 saturated carbocycles. The minimum Gasteiger partial charge on any atom is -0.497 e. The Kier molecular flexibility index (Phi) is 6.89. The Hall–Kier alpha value is -2.25. The van der Waals surface area contributed by atoms with Crippen LogP contribution in [0.15, 0.2) is 24.3 Å². The summed E-state index contributed by atoms with van der Waals surface area (Å²) in [5.41, 5.74) is 1.60. The average molecular weight is 354 g/mol. The van der Waals surface area contributed by atoms with Gasteiger partial charge in [0.1, 0.15) is 23.8 Å². The maximum Gasteiger partial charge on any atom is 0.257 e. The van der Waals surface area contributed by atoms with Crippen LogP contribution in [0.2, 0.25) is 5.15 Å². The molecule has 0 spiro atoms. The number of anilines is 1. The molecule has 0 bridgehead atoms. The third-order valence-electron chi connectivity index (χ3n) is 3.22. The predicted molar refractivity (Wildman–Crippen MR) is 91.3 cm³/mol. The van der Waals surface area contributed by atoms with Gasteiger partial charge in [-0.3, -0.25) is 0 Å². The van der Waals surface area contributed by atoms with Crippen LogP contribution in [0, 0.1) is 0 Å². The first-order valence-corrected chi connectivity index (χ1v) is 7.65. The van der Waals surface area contributed by atoms with Gasteiger partial charge >= 0.3 is 0 Å². The molecule has 0 atom stereocenters. The normalized spacial score (nSPS) is 10.3. The van der Waals surface area contributed by atoms with Crippen molar-refractivity contribution in [2.45, 2.75) is 6.54 Å². The Balaban J connectivity index is 2.12. The molecule has 0 aliphatic carbocycles. The molecule has 8 heteroatoms. The Morgan fingerprint density at radius 3 is 2.58 bits per heavy atom. The molecule has 0 saturated heterocycles. The highest BCUT2D eigenvalue weighted by molar-refractivity contribution is 6.29. The predicted octanol–water partition coefficient (Wildman–Crippen LogP) is 2.78. The summed E-state index contributed by atoms with van der Waals surface area (Å²) in [6, 6.07) is 7.27. The van der Waals surface area contributed by atoms with E-state index in [9.17, 15) is 0 Å². The zero-order chi connectivity index (χ0) is 17.4. The minimum atomic E-state index is 0.276. The molecule has 0 amide bonds. The minimum absolute atomic E-state index is 0.276. The van der Waals surface area contributed by atoms with E-state index in [0.717, 1.165) is 17.1 Å². The summed E-state index contributed by atoms with van der Waals surface area (Å²) in [6.07, 6.45) is 0. The van der Waals surface area contributed by atoms with Crippen LogP contribution in [-0.4, -0.2) is 44.7 Å². The van der Waals surface area contributed by atoms with Crippen LogP contribution in [0.25, 0.3) is 0 Å². The maximum absolute atomic E-state index is 5.92. The average Bonchev–Trinajstić information content (AvgIpc) is 2.61. The Morgan fingerprint density at radius 1 is 1.04 bits per heavy atom. The van der Waals surface area contributed by atoms with Crippen molar-refractivity contribution in [3.05, 3.63) is 35.0 Å². The molecule has 1 aromatic carbocycles. The molecule has 0 aliphatic rings. The number of benzene rings is 1. The van der Waals surface area contributed by atoms with Gasteiger partial charge in [-0.2, -0.15) is 0 Å². The van der Waals surface area contributed by atoms with E-state index in [0.29, 0.717) is 31.3 Å². The SMILES string of the molecule is COCCOc1nnc(Cl)cc1NCc1ccc(OC)cc1OC. The van der Waals surface area contributed by atoms with Gasteiger partial charge in [0.05, 0.1) is 20.8 Å². The third kappa shape index (κ3) is 4.87. The second kappa shape index (κ2) is 9.14.